The van der Waals surface area contributed by atoms with Gasteiger partial charge < -0.3 is 20.9 Å². The molecule has 6 nitrogen and oxygen atoms in total. The van der Waals surface area contributed by atoms with Gasteiger partial charge in [0.2, 0.25) is 5.91 Å². The fourth-order valence-corrected chi connectivity index (χ4v) is 3.09. The van der Waals surface area contributed by atoms with Gasteiger partial charge in [-0.15, -0.1) is 0 Å². The highest BCUT2D eigenvalue weighted by atomic mass is 16.2. The summed E-state index contributed by atoms with van der Waals surface area (Å²) in [6.07, 6.45) is 3.83. The first-order chi connectivity index (χ1) is 9.61. The molecule has 3 amide bonds. The van der Waals surface area contributed by atoms with E-state index in [0.29, 0.717) is 45.1 Å². The number of amides is 3. The molecule has 3 N–H and O–H groups in total. The monoisotopic (exact) mass is 282 g/mol. The van der Waals surface area contributed by atoms with E-state index in [4.69, 9.17) is 5.73 Å². The van der Waals surface area contributed by atoms with Crippen molar-refractivity contribution in [2.75, 3.05) is 32.7 Å². The first-order valence-electron chi connectivity index (χ1n) is 7.68. The molecule has 2 atom stereocenters. The van der Waals surface area contributed by atoms with Crippen molar-refractivity contribution in [2.24, 2.45) is 11.7 Å². The van der Waals surface area contributed by atoms with Crippen molar-refractivity contribution in [2.45, 2.75) is 38.6 Å². The SMILES string of the molecule is CCNC(=O)N1CCN(C(=O)C[C@@H]2CCC[C@H]2N)CC1. The topological polar surface area (TPSA) is 78.7 Å². The third-order valence-corrected chi connectivity index (χ3v) is 4.40. The van der Waals surface area contributed by atoms with Crippen LogP contribution in [0.3, 0.4) is 0 Å². The van der Waals surface area contributed by atoms with Crippen molar-refractivity contribution in [3.05, 3.63) is 0 Å². The minimum Gasteiger partial charge on any atom is -0.339 e. The summed E-state index contributed by atoms with van der Waals surface area (Å²) >= 11 is 0. The Balaban J connectivity index is 1.75. The summed E-state index contributed by atoms with van der Waals surface area (Å²) in [5, 5.41) is 2.79. The smallest absolute Gasteiger partial charge is 0.317 e. The first-order valence-corrected chi connectivity index (χ1v) is 7.68. The lowest BCUT2D eigenvalue weighted by molar-refractivity contribution is -0.133. The van der Waals surface area contributed by atoms with Gasteiger partial charge in [-0.1, -0.05) is 6.42 Å². The number of nitrogens with zero attached hydrogens (tertiary/aromatic N) is 2. The van der Waals surface area contributed by atoms with Gasteiger partial charge in [0, 0.05) is 45.2 Å². The van der Waals surface area contributed by atoms with Crippen LogP contribution in [0.4, 0.5) is 4.79 Å². The molecule has 1 aliphatic heterocycles. The van der Waals surface area contributed by atoms with E-state index in [-0.39, 0.29) is 18.0 Å². The highest BCUT2D eigenvalue weighted by Crippen LogP contribution is 2.27. The highest BCUT2D eigenvalue weighted by Gasteiger charge is 2.29. The molecular weight excluding hydrogens is 256 g/mol. The fourth-order valence-electron chi connectivity index (χ4n) is 3.09. The molecule has 1 aliphatic carbocycles. The summed E-state index contributed by atoms with van der Waals surface area (Å²) in [5.41, 5.74) is 6.02. The van der Waals surface area contributed by atoms with Crippen LogP contribution in [0.15, 0.2) is 0 Å². The Hall–Kier alpha value is -1.30. The number of hydrogen-bond acceptors (Lipinski definition) is 3. The maximum absolute atomic E-state index is 12.3. The van der Waals surface area contributed by atoms with Crippen LogP contribution in [0.2, 0.25) is 0 Å². The molecule has 20 heavy (non-hydrogen) atoms. The molecule has 0 spiro atoms. The van der Waals surface area contributed by atoms with Crippen LogP contribution in [0.5, 0.6) is 0 Å². The normalized spacial score (nSPS) is 26.7. The lowest BCUT2D eigenvalue weighted by Crippen LogP contribution is -2.53. The van der Waals surface area contributed by atoms with E-state index in [0.717, 1.165) is 19.3 Å². The Morgan fingerprint density at radius 2 is 1.80 bits per heavy atom. The van der Waals surface area contributed by atoms with Crippen LogP contribution in [-0.4, -0.2) is 60.5 Å². The maximum atomic E-state index is 12.3. The number of nitrogens with two attached hydrogens (primary N) is 1. The third kappa shape index (κ3) is 3.62. The van der Waals surface area contributed by atoms with E-state index in [1.165, 1.54) is 0 Å². The number of carbonyl (C=O) groups is 2. The lowest BCUT2D eigenvalue weighted by Gasteiger charge is -2.35. The summed E-state index contributed by atoms with van der Waals surface area (Å²) < 4.78 is 0. The molecule has 0 aromatic rings. The third-order valence-electron chi connectivity index (χ3n) is 4.40. The number of carbonyl (C=O) groups excluding carboxylic acids is 2. The minimum atomic E-state index is -0.0302. The largest absolute Gasteiger partial charge is 0.339 e. The molecule has 1 saturated carbocycles. The number of hydrogen-bond donors (Lipinski definition) is 2. The van der Waals surface area contributed by atoms with E-state index >= 15 is 0 Å². The zero-order valence-corrected chi connectivity index (χ0v) is 12.3. The predicted octanol–water partition coefficient (Wildman–Crippen LogP) is 0.378. The van der Waals surface area contributed by atoms with Crippen LogP contribution in [0.25, 0.3) is 0 Å². The Labute approximate surface area is 120 Å². The number of rotatable bonds is 3. The van der Waals surface area contributed by atoms with Crippen molar-refractivity contribution >= 4 is 11.9 Å². The summed E-state index contributed by atoms with van der Waals surface area (Å²) in [6, 6.07) is 0.160. The number of urea groups is 1. The summed E-state index contributed by atoms with van der Waals surface area (Å²) in [5.74, 6) is 0.548. The van der Waals surface area contributed by atoms with Crippen LogP contribution in [-0.2, 0) is 4.79 Å². The predicted molar refractivity (Wildman–Crippen MR) is 77.2 cm³/mol. The van der Waals surface area contributed by atoms with Crippen LogP contribution in [0.1, 0.15) is 32.6 Å². The van der Waals surface area contributed by atoms with Crippen LogP contribution < -0.4 is 11.1 Å². The number of nitrogens with one attached hydrogen (secondary N) is 1. The molecule has 1 heterocycles. The van der Waals surface area contributed by atoms with E-state index in [9.17, 15) is 9.59 Å². The van der Waals surface area contributed by atoms with Crippen LogP contribution in [0, 0.1) is 5.92 Å². The first kappa shape index (κ1) is 15.1. The molecule has 6 heteroatoms. The van der Waals surface area contributed by atoms with Gasteiger partial charge >= 0.3 is 6.03 Å². The molecule has 1 saturated heterocycles. The summed E-state index contributed by atoms with van der Waals surface area (Å²) in [7, 11) is 0. The van der Waals surface area contributed by atoms with Crippen molar-refractivity contribution in [3.63, 3.8) is 0 Å². The molecule has 114 valence electrons. The molecule has 0 aromatic heterocycles. The average Bonchev–Trinajstić information content (AvgIpc) is 2.85. The van der Waals surface area contributed by atoms with E-state index < -0.39 is 0 Å². The fraction of sp³-hybridized carbons (Fsp3) is 0.857. The Morgan fingerprint density at radius 3 is 2.35 bits per heavy atom. The van der Waals surface area contributed by atoms with Crippen LogP contribution >= 0.6 is 0 Å². The summed E-state index contributed by atoms with van der Waals surface area (Å²) in [6.45, 7) is 5.05. The van der Waals surface area contributed by atoms with Gasteiger partial charge in [0.15, 0.2) is 0 Å². The van der Waals surface area contributed by atoms with Crippen molar-refractivity contribution in [1.29, 1.82) is 0 Å². The van der Waals surface area contributed by atoms with E-state index in [1.807, 2.05) is 11.8 Å². The molecule has 0 aromatic carbocycles. The van der Waals surface area contributed by atoms with Gasteiger partial charge in [0.05, 0.1) is 0 Å². The van der Waals surface area contributed by atoms with Gasteiger partial charge in [0.1, 0.15) is 0 Å². The molecule has 0 bridgehead atoms. The van der Waals surface area contributed by atoms with E-state index in [1.54, 1.807) is 4.90 Å². The molecule has 0 radical (unpaired) electrons. The molecular formula is C14H26N4O2. The minimum absolute atomic E-state index is 0.0302. The second-order valence-corrected chi connectivity index (χ2v) is 5.76. The van der Waals surface area contributed by atoms with Crippen molar-refractivity contribution in [1.82, 2.24) is 15.1 Å². The van der Waals surface area contributed by atoms with Gasteiger partial charge in [-0.25, -0.2) is 4.79 Å². The Kier molecular flexibility index (Phi) is 5.23. The Bertz CT molecular complexity index is 353. The average molecular weight is 282 g/mol. The van der Waals surface area contributed by atoms with E-state index in [2.05, 4.69) is 5.32 Å². The van der Waals surface area contributed by atoms with Crippen molar-refractivity contribution < 1.29 is 9.59 Å². The van der Waals surface area contributed by atoms with Gasteiger partial charge in [-0.3, -0.25) is 4.79 Å². The van der Waals surface area contributed by atoms with Crippen molar-refractivity contribution in [3.8, 4) is 0 Å². The Morgan fingerprint density at radius 1 is 1.15 bits per heavy atom. The molecule has 2 aliphatic rings. The van der Waals surface area contributed by atoms with Gasteiger partial charge in [-0.2, -0.15) is 0 Å². The standard InChI is InChI=1S/C14H26N4O2/c1-2-16-14(20)18-8-6-17(7-9-18)13(19)10-11-4-3-5-12(11)15/h11-12H,2-10,15H2,1H3,(H,16,20)/t11-,12+/m0/s1. The second kappa shape index (κ2) is 6.92. The highest BCUT2D eigenvalue weighted by molar-refractivity contribution is 5.78. The number of piperazine rings is 1. The quantitative estimate of drug-likeness (QED) is 0.785. The molecule has 2 fully saturated rings. The van der Waals surface area contributed by atoms with Gasteiger partial charge in [-0.05, 0) is 25.7 Å². The zero-order chi connectivity index (χ0) is 14.5. The molecule has 2 rings (SSSR count). The summed E-state index contributed by atoms with van der Waals surface area (Å²) in [4.78, 5) is 27.6. The van der Waals surface area contributed by atoms with Gasteiger partial charge in [0.25, 0.3) is 0 Å². The second-order valence-electron chi connectivity index (χ2n) is 5.76. The molecule has 0 unspecified atom stereocenters. The maximum Gasteiger partial charge on any atom is 0.317 e. The zero-order valence-electron chi connectivity index (χ0n) is 12.3. The lowest BCUT2D eigenvalue weighted by atomic mass is 9.99.